The number of aromatic nitrogens is 2. The van der Waals surface area contributed by atoms with Gasteiger partial charge in [-0.3, -0.25) is 4.79 Å². The van der Waals surface area contributed by atoms with E-state index < -0.39 is 0 Å². The number of carbonyl (C=O) groups excluding carboxylic acids is 1. The zero-order chi connectivity index (χ0) is 17.9. The molecule has 4 rings (SSSR count). The van der Waals surface area contributed by atoms with Gasteiger partial charge in [0.25, 0.3) is 5.91 Å². The lowest BCUT2D eigenvalue weighted by Gasteiger charge is -2.09. The van der Waals surface area contributed by atoms with E-state index >= 15 is 0 Å². The summed E-state index contributed by atoms with van der Waals surface area (Å²) in [7, 11) is 0. The first-order valence-corrected chi connectivity index (χ1v) is 10.9. The summed E-state index contributed by atoms with van der Waals surface area (Å²) in [6, 6.07) is 10.1. The predicted octanol–water partition coefficient (Wildman–Crippen LogP) is 4.83. The maximum Gasteiger partial charge on any atom is 0.252 e. The normalized spacial score (nSPS) is 13.9. The van der Waals surface area contributed by atoms with Crippen LogP contribution in [0.25, 0.3) is 10.9 Å². The number of rotatable bonds is 7. The summed E-state index contributed by atoms with van der Waals surface area (Å²) in [6.45, 7) is 2.17. The highest BCUT2D eigenvalue weighted by Gasteiger charge is 2.25. The van der Waals surface area contributed by atoms with Crippen LogP contribution < -0.4 is 5.32 Å². The first-order valence-electron chi connectivity index (χ1n) is 8.99. The Kier molecular flexibility index (Phi) is 5.22. The van der Waals surface area contributed by atoms with E-state index in [1.165, 1.54) is 5.01 Å². The molecule has 3 aromatic rings. The lowest BCUT2D eigenvalue weighted by Crippen LogP contribution is -2.25. The van der Waals surface area contributed by atoms with E-state index in [4.69, 9.17) is 4.98 Å². The van der Waals surface area contributed by atoms with Crippen molar-refractivity contribution in [3.8, 4) is 0 Å². The van der Waals surface area contributed by atoms with Crippen molar-refractivity contribution in [2.75, 3.05) is 0 Å². The molecule has 1 amide bonds. The highest BCUT2D eigenvalue weighted by Crippen LogP contribution is 2.28. The number of thiazole rings is 1. The van der Waals surface area contributed by atoms with E-state index in [2.05, 4.69) is 22.6 Å². The molecule has 4 nitrogen and oxygen atoms in total. The minimum Gasteiger partial charge on any atom is -0.349 e. The van der Waals surface area contributed by atoms with E-state index in [1.807, 2.05) is 30.3 Å². The van der Waals surface area contributed by atoms with Crippen LogP contribution in [0.3, 0.4) is 0 Å². The fraction of sp³-hybridized carbons (Fsp3) is 0.350. The third-order valence-electron chi connectivity index (χ3n) is 4.28. The van der Waals surface area contributed by atoms with Gasteiger partial charge in [0.15, 0.2) is 0 Å². The second-order valence-corrected chi connectivity index (χ2v) is 8.48. The topological polar surface area (TPSA) is 54.9 Å². The number of pyridine rings is 1. The van der Waals surface area contributed by atoms with Crippen molar-refractivity contribution in [2.45, 2.75) is 49.4 Å². The van der Waals surface area contributed by atoms with Gasteiger partial charge in [0.2, 0.25) is 0 Å². The lowest BCUT2D eigenvalue weighted by molar-refractivity contribution is 0.0952. The summed E-state index contributed by atoms with van der Waals surface area (Å²) >= 11 is 3.36. The summed E-state index contributed by atoms with van der Waals surface area (Å²) < 4.78 is 0. The second-order valence-electron chi connectivity index (χ2n) is 6.54. The molecule has 26 heavy (non-hydrogen) atoms. The van der Waals surface area contributed by atoms with Gasteiger partial charge >= 0.3 is 0 Å². The van der Waals surface area contributed by atoms with Crippen molar-refractivity contribution in [1.82, 2.24) is 15.3 Å². The van der Waals surface area contributed by atoms with Gasteiger partial charge in [-0.25, -0.2) is 9.97 Å². The SMILES string of the molecule is CCCc1nc(CSc2cc(C(=O)NC3CC3)c3ccccc3n2)cs1. The molecule has 0 atom stereocenters. The molecule has 1 N–H and O–H groups in total. The molecule has 0 radical (unpaired) electrons. The quantitative estimate of drug-likeness (QED) is 0.594. The molecule has 0 aliphatic heterocycles. The molecule has 134 valence electrons. The average molecular weight is 384 g/mol. The van der Waals surface area contributed by atoms with Crippen molar-refractivity contribution >= 4 is 39.9 Å². The lowest BCUT2D eigenvalue weighted by atomic mass is 10.1. The fourth-order valence-electron chi connectivity index (χ4n) is 2.80. The van der Waals surface area contributed by atoms with Crippen LogP contribution in [0.15, 0.2) is 40.7 Å². The highest BCUT2D eigenvalue weighted by atomic mass is 32.2. The van der Waals surface area contributed by atoms with Crippen LogP contribution >= 0.6 is 23.1 Å². The van der Waals surface area contributed by atoms with Gasteiger partial charge in [-0.05, 0) is 37.8 Å². The number of benzene rings is 1. The number of aryl methyl sites for hydroxylation is 1. The van der Waals surface area contributed by atoms with Gasteiger partial charge in [0, 0.05) is 22.6 Å². The third kappa shape index (κ3) is 4.07. The van der Waals surface area contributed by atoms with Gasteiger partial charge in [-0.1, -0.05) is 36.9 Å². The summed E-state index contributed by atoms with van der Waals surface area (Å²) in [5.41, 5.74) is 2.67. The summed E-state index contributed by atoms with van der Waals surface area (Å²) in [5, 5.41) is 8.19. The Morgan fingerprint density at radius 2 is 2.15 bits per heavy atom. The Labute approximate surface area is 161 Å². The number of thioether (sulfide) groups is 1. The second kappa shape index (κ2) is 7.76. The molecule has 0 spiro atoms. The van der Waals surface area contributed by atoms with Crippen molar-refractivity contribution in [1.29, 1.82) is 0 Å². The number of hydrogen-bond donors (Lipinski definition) is 1. The maximum absolute atomic E-state index is 12.7. The number of nitrogens with one attached hydrogen (secondary N) is 1. The van der Waals surface area contributed by atoms with Crippen LogP contribution in [-0.4, -0.2) is 21.9 Å². The summed E-state index contributed by atoms with van der Waals surface area (Å²) in [6.07, 6.45) is 4.32. The molecule has 1 aliphatic rings. The fourth-order valence-corrected chi connectivity index (χ4v) is 4.61. The molecule has 2 heterocycles. The van der Waals surface area contributed by atoms with Crippen LogP contribution in [0.5, 0.6) is 0 Å². The molecule has 0 saturated heterocycles. The number of fused-ring (bicyclic) bond motifs is 1. The minimum atomic E-state index is 0.00633. The number of para-hydroxylation sites is 1. The van der Waals surface area contributed by atoms with E-state index in [9.17, 15) is 4.79 Å². The Balaban J connectivity index is 1.56. The molecular weight excluding hydrogens is 362 g/mol. The Bertz CT molecular complexity index is 934. The van der Waals surface area contributed by atoms with Gasteiger partial charge in [0.05, 0.1) is 26.8 Å². The first kappa shape index (κ1) is 17.5. The molecule has 0 unspecified atom stereocenters. The standard InChI is InChI=1S/C20H21N3OS2/c1-2-5-18-21-14(11-25-18)12-26-19-10-16(20(24)22-13-8-9-13)15-6-3-4-7-17(15)23-19/h3-4,6-7,10-11,13H,2,5,8-9,12H2,1H3,(H,22,24). The first-order chi connectivity index (χ1) is 12.7. The predicted molar refractivity (Wildman–Crippen MR) is 108 cm³/mol. The highest BCUT2D eigenvalue weighted by molar-refractivity contribution is 7.98. The molecule has 1 fully saturated rings. The molecule has 0 bridgehead atoms. The van der Waals surface area contributed by atoms with E-state index in [0.29, 0.717) is 6.04 Å². The Morgan fingerprint density at radius 1 is 1.31 bits per heavy atom. The summed E-state index contributed by atoms with van der Waals surface area (Å²) in [4.78, 5) is 22.1. The smallest absolute Gasteiger partial charge is 0.252 e. The summed E-state index contributed by atoms with van der Waals surface area (Å²) in [5.74, 6) is 0.779. The van der Waals surface area contributed by atoms with Crippen molar-refractivity contribution in [3.63, 3.8) is 0 Å². The average Bonchev–Trinajstić information content (AvgIpc) is 3.35. The Hall–Kier alpha value is -1.92. The third-order valence-corrected chi connectivity index (χ3v) is 6.18. The van der Waals surface area contributed by atoms with Crippen LogP contribution in [0, 0.1) is 0 Å². The molecule has 6 heteroatoms. The van der Waals surface area contributed by atoms with Crippen LogP contribution in [0.1, 0.15) is 47.2 Å². The van der Waals surface area contributed by atoms with E-state index in [0.717, 1.165) is 58.6 Å². The molecule has 1 aromatic carbocycles. The van der Waals surface area contributed by atoms with Crippen LogP contribution in [-0.2, 0) is 12.2 Å². The van der Waals surface area contributed by atoms with Crippen molar-refractivity contribution < 1.29 is 4.79 Å². The minimum absolute atomic E-state index is 0.00633. The molecule has 2 aromatic heterocycles. The maximum atomic E-state index is 12.7. The van der Waals surface area contributed by atoms with Gasteiger partial charge in [-0.15, -0.1) is 11.3 Å². The van der Waals surface area contributed by atoms with Crippen molar-refractivity contribution in [3.05, 3.63) is 52.0 Å². The number of carbonyl (C=O) groups is 1. The zero-order valence-electron chi connectivity index (χ0n) is 14.7. The van der Waals surface area contributed by atoms with Gasteiger partial charge < -0.3 is 5.32 Å². The van der Waals surface area contributed by atoms with Crippen molar-refractivity contribution in [2.24, 2.45) is 0 Å². The van der Waals surface area contributed by atoms with Gasteiger partial charge in [0.1, 0.15) is 0 Å². The van der Waals surface area contributed by atoms with Gasteiger partial charge in [-0.2, -0.15) is 0 Å². The largest absolute Gasteiger partial charge is 0.349 e. The Morgan fingerprint density at radius 3 is 2.96 bits per heavy atom. The van der Waals surface area contributed by atoms with E-state index in [1.54, 1.807) is 23.1 Å². The molecular formula is C20H21N3OS2. The number of amides is 1. The molecule has 1 aliphatic carbocycles. The molecule has 1 saturated carbocycles. The van der Waals surface area contributed by atoms with Crippen LogP contribution in [0.4, 0.5) is 0 Å². The number of hydrogen-bond acceptors (Lipinski definition) is 5. The zero-order valence-corrected chi connectivity index (χ0v) is 16.3. The van der Waals surface area contributed by atoms with E-state index in [-0.39, 0.29) is 5.91 Å². The number of nitrogens with zero attached hydrogens (tertiary/aromatic N) is 2. The van der Waals surface area contributed by atoms with Crippen LogP contribution in [0.2, 0.25) is 0 Å². The monoisotopic (exact) mass is 383 g/mol.